The van der Waals surface area contributed by atoms with E-state index >= 15 is 0 Å². The lowest BCUT2D eigenvalue weighted by molar-refractivity contribution is -0.115. The lowest BCUT2D eigenvalue weighted by Gasteiger charge is -2.26. The quantitative estimate of drug-likeness (QED) is 0.354. The van der Waals surface area contributed by atoms with Crippen LogP contribution >= 0.6 is 11.8 Å². The van der Waals surface area contributed by atoms with Crippen LogP contribution in [0.1, 0.15) is 39.5 Å². The third-order valence-corrected chi connectivity index (χ3v) is 4.63. The molecule has 0 radical (unpaired) electrons. The summed E-state index contributed by atoms with van der Waals surface area (Å²) >= 11 is 1.79. The predicted molar refractivity (Wildman–Crippen MR) is 84.6 cm³/mol. The van der Waals surface area contributed by atoms with Crippen molar-refractivity contribution in [2.75, 3.05) is 5.75 Å². The molecule has 1 rings (SSSR count). The van der Waals surface area contributed by atoms with Gasteiger partial charge in [-0.2, -0.15) is 0 Å². The number of allylic oxidation sites excluding steroid dienone is 2. The molecular weight excluding hydrogens is 252 g/mol. The molecule has 0 aliphatic rings. The van der Waals surface area contributed by atoms with E-state index < -0.39 is 0 Å². The number of carbonyl (C=O) groups excluding carboxylic acids is 1. The van der Waals surface area contributed by atoms with Crippen molar-refractivity contribution < 1.29 is 4.79 Å². The maximum atomic E-state index is 11.6. The molecule has 0 aliphatic heterocycles. The molecule has 0 amide bonds. The van der Waals surface area contributed by atoms with Crippen LogP contribution < -0.4 is 0 Å². The number of thioether (sulfide) groups is 1. The Labute approximate surface area is 121 Å². The topological polar surface area (TPSA) is 17.1 Å². The largest absolute Gasteiger partial charge is 0.303 e. The minimum absolute atomic E-state index is 0.205. The van der Waals surface area contributed by atoms with Crippen LogP contribution in [0.5, 0.6) is 0 Å². The number of unbranched alkanes of at least 4 members (excludes halogenated alkanes) is 1. The molecule has 104 valence electrons. The number of hydrogen-bond acceptors (Lipinski definition) is 2. The summed E-state index contributed by atoms with van der Waals surface area (Å²) in [7, 11) is 0. The molecule has 0 heterocycles. The SMILES string of the molecule is CC=CCC(C=O)(CCCC)CSc1ccccc1. The first-order valence-corrected chi connectivity index (χ1v) is 8.00. The van der Waals surface area contributed by atoms with Gasteiger partial charge < -0.3 is 4.79 Å². The van der Waals surface area contributed by atoms with Gasteiger partial charge in [-0.15, -0.1) is 11.8 Å². The molecule has 2 heteroatoms. The van der Waals surface area contributed by atoms with Gasteiger partial charge >= 0.3 is 0 Å². The highest BCUT2D eigenvalue weighted by atomic mass is 32.2. The molecule has 0 aliphatic carbocycles. The molecule has 0 saturated carbocycles. The van der Waals surface area contributed by atoms with Gasteiger partial charge in [-0.05, 0) is 31.9 Å². The molecule has 0 fully saturated rings. The standard InChI is InChI=1S/C17H24OS/c1-3-5-12-17(14-18,13-6-4-2)15-19-16-10-8-7-9-11-16/h3,5,7-11,14H,4,6,12-13,15H2,1-2H3. The van der Waals surface area contributed by atoms with E-state index in [9.17, 15) is 4.79 Å². The highest BCUT2D eigenvalue weighted by Crippen LogP contribution is 2.34. The van der Waals surface area contributed by atoms with Crippen molar-refractivity contribution in [3.8, 4) is 0 Å². The van der Waals surface area contributed by atoms with Crippen molar-refractivity contribution >= 4 is 18.0 Å². The van der Waals surface area contributed by atoms with Crippen molar-refractivity contribution in [1.29, 1.82) is 0 Å². The van der Waals surface area contributed by atoms with Crippen LogP contribution in [0.4, 0.5) is 0 Å². The van der Waals surface area contributed by atoms with Gasteiger partial charge in [0, 0.05) is 16.1 Å². The zero-order valence-electron chi connectivity index (χ0n) is 12.0. The molecule has 0 aromatic heterocycles. The lowest BCUT2D eigenvalue weighted by Crippen LogP contribution is -2.25. The van der Waals surface area contributed by atoms with E-state index in [1.165, 1.54) is 11.2 Å². The average Bonchev–Trinajstić information content (AvgIpc) is 2.48. The second-order valence-electron chi connectivity index (χ2n) is 4.96. The van der Waals surface area contributed by atoms with Crippen molar-refractivity contribution in [3.05, 3.63) is 42.5 Å². The Morgan fingerprint density at radius 1 is 1.26 bits per heavy atom. The molecule has 0 spiro atoms. The molecule has 1 aromatic carbocycles. The summed E-state index contributed by atoms with van der Waals surface area (Å²) in [5.74, 6) is 0.866. The van der Waals surface area contributed by atoms with Crippen LogP contribution in [0.25, 0.3) is 0 Å². The smallest absolute Gasteiger partial charge is 0.127 e. The summed E-state index contributed by atoms with van der Waals surface area (Å²) in [6, 6.07) is 10.3. The van der Waals surface area contributed by atoms with E-state index in [-0.39, 0.29) is 5.41 Å². The molecule has 0 bridgehead atoms. The lowest BCUT2D eigenvalue weighted by atomic mass is 9.83. The summed E-state index contributed by atoms with van der Waals surface area (Å²) in [6.07, 6.45) is 9.43. The Bertz CT molecular complexity index is 386. The van der Waals surface area contributed by atoms with Crippen LogP contribution in [-0.4, -0.2) is 12.0 Å². The zero-order chi connectivity index (χ0) is 14.0. The fourth-order valence-electron chi connectivity index (χ4n) is 2.00. The Morgan fingerprint density at radius 3 is 2.58 bits per heavy atom. The van der Waals surface area contributed by atoms with Gasteiger partial charge in [-0.3, -0.25) is 0 Å². The monoisotopic (exact) mass is 276 g/mol. The Balaban J connectivity index is 2.68. The van der Waals surface area contributed by atoms with Gasteiger partial charge in [0.2, 0.25) is 0 Å². The van der Waals surface area contributed by atoms with E-state index in [0.717, 1.165) is 31.4 Å². The van der Waals surface area contributed by atoms with Crippen molar-refractivity contribution in [2.24, 2.45) is 5.41 Å². The molecule has 19 heavy (non-hydrogen) atoms. The number of rotatable bonds is 9. The van der Waals surface area contributed by atoms with Crippen LogP contribution in [0.15, 0.2) is 47.4 Å². The summed E-state index contributed by atoms with van der Waals surface area (Å²) < 4.78 is 0. The minimum atomic E-state index is -0.205. The number of benzene rings is 1. The molecule has 0 saturated heterocycles. The first-order chi connectivity index (χ1) is 9.26. The summed E-state index contributed by atoms with van der Waals surface area (Å²) in [4.78, 5) is 12.9. The maximum absolute atomic E-state index is 11.6. The Morgan fingerprint density at radius 2 is 2.00 bits per heavy atom. The highest BCUT2D eigenvalue weighted by Gasteiger charge is 2.27. The van der Waals surface area contributed by atoms with E-state index in [0.29, 0.717) is 0 Å². The van der Waals surface area contributed by atoms with Crippen molar-refractivity contribution in [2.45, 2.75) is 44.4 Å². The minimum Gasteiger partial charge on any atom is -0.303 e. The molecule has 1 aromatic rings. The van der Waals surface area contributed by atoms with Crippen LogP contribution in [0, 0.1) is 5.41 Å². The van der Waals surface area contributed by atoms with Gasteiger partial charge in [-0.1, -0.05) is 50.1 Å². The van der Waals surface area contributed by atoms with Crippen LogP contribution in [0.3, 0.4) is 0 Å². The summed E-state index contributed by atoms with van der Waals surface area (Å²) in [5.41, 5.74) is -0.205. The Kier molecular flexibility index (Phi) is 7.57. The van der Waals surface area contributed by atoms with E-state index in [4.69, 9.17) is 0 Å². The van der Waals surface area contributed by atoms with E-state index in [1.54, 1.807) is 11.8 Å². The maximum Gasteiger partial charge on any atom is 0.127 e. The fourth-order valence-corrected chi connectivity index (χ4v) is 3.13. The predicted octanol–water partition coefficient (Wildman–Crippen LogP) is 5.12. The van der Waals surface area contributed by atoms with E-state index in [1.807, 2.05) is 31.2 Å². The van der Waals surface area contributed by atoms with E-state index in [2.05, 4.69) is 25.1 Å². The first-order valence-electron chi connectivity index (χ1n) is 7.01. The fraction of sp³-hybridized carbons (Fsp3) is 0.471. The molecule has 1 unspecified atom stereocenters. The normalized spacial score (nSPS) is 14.4. The molecule has 1 nitrogen and oxygen atoms in total. The van der Waals surface area contributed by atoms with Gasteiger partial charge in [0.15, 0.2) is 0 Å². The second kappa shape index (κ2) is 8.98. The van der Waals surface area contributed by atoms with Gasteiger partial charge in [-0.25, -0.2) is 0 Å². The number of hydrogen-bond donors (Lipinski definition) is 0. The zero-order valence-corrected chi connectivity index (χ0v) is 12.8. The van der Waals surface area contributed by atoms with Crippen LogP contribution in [0.2, 0.25) is 0 Å². The first kappa shape index (κ1) is 16.0. The van der Waals surface area contributed by atoms with Crippen LogP contribution in [-0.2, 0) is 4.79 Å². The van der Waals surface area contributed by atoms with Gasteiger partial charge in [0.05, 0.1) is 0 Å². The Hall–Kier alpha value is -1.02. The van der Waals surface area contributed by atoms with Crippen molar-refractivity contribution in [3.63, 3.8) is 0 Å². The van der Waals surface area contributed by atoms with Gasteiger partial charge in [0.1, 0.15) is 6.29 Å². The summed E-state index contributed by atoms with van der Waals surface area (Å²) in [5, 5.41) is 0. The average molecular weight is 276 g/mol. The second-order valence-corrected chi connectivity index (χ2v) is 6.01. The van der Waals surface area contributed by atoms with Crippen molar-refractivity contribution in [1.82, 2.24) is 0 Å². The molecule has 0 N–H and O–H groups in total. The molecular formula is C17H24OS. The number of aldehydes is 1. The third-order valence-electron chi connectivity index (χ3n) is 3.31. The highest BCUT2D eigenvalue weighted by molar-refractivity contribution is 7.99. The summed E-state index contributed by atoms with van der Waals surface area (Å²) in [6.45, 7) is 4.19. The third kappa shape index (κ3) is 5.65. The molecule has 1 atom stereocenters. The number of carbonyl (C=O) groups is 1. The van der Waals surface area contributed by atoms with Gasteiger partial charge in [0.25, 0.3) is 0 Å².